The maximum absolute atomic E-state index is 13.1. The third kappa shape index (κ3) is 4.22. The SMILES string of the molecule is Cc1ccc(-c2ccc(=O)n(CCc3ccccc3)n2)cc1S(=O)(=O)N1CCCC1. The molecule has 3 aromatic rings. The number of aryl methyl sites for hydroxylation is 3. The Morgan fingerprint density at radius 3 is 2.43 bits per heavy atom. The van der Waals surface area contributed by atoms with Crippen molar-refractivity contribution in [3.63, 3.8) is 0 Å². The highest BCUT2D eigenvalue weighted by Gasteiger charge is 2.28. The molecule has 0 amide bonds. The summed E-state index contributed by atoms with van der Waals surface area (Å²) in [6.45, 7) is 3.39. The lowest BCUT2D eigenvalue weighted by Crippen LogP contribution is -2.28. The number of benzene rings is 2. The average Bonchev–Trinajstić information content (AvgIpc) is 3.30. The molecule has 156 valence electrons. The van der Waals surface area contributed by atoms with Gasteiger partial charge in [0.05, 0.1) is 10.6 Å². The zero-order valence-corrected chi connectivity index (χ0v) is 17.8. The van der Waals surface area contributed by atoms with Crippen molar-refractivity contribution in [1.29, 1.82) is 0 Å². The van der Waals surface area contributed by atoms with Crippen molar-refractivity contribution in [3.05, 3.63) is 82.1 Å². The summed E-state index contributed by atoms with van der Waals surface area (Å²) in [5, 5.41) is 4.50. The van der Waals surface area contributed by atoms with Gasteiger partial charge in [-0.15, -0.1) is 0 Å². The Balaban J connectivity index is 1.65. The molecule has 0 spiro atoms. The van der Waals surface area contributed by atoms with Crippen molar-refractivity contribution in [2.45, 2.75) is 37.6 Å². The first-order valence-corrected chi connectivity index (χ1v) is 11.6. The number of aromatic nitrogens is 2. The van der Waals surface area contributed by atoms with Crippen LogP contribution < -0.4 is 5.56 Å². The summed E-state index contributed by atoms with van der Waals surface area (Å²) in [7, 11) is -3.53. The van der Waals surface area contributed by atoms with Crippen LogP contribution in [-0.4, -0.2) is 35.6 Å². The first-order valence-electron chi connectivity index (χ1n) is 10.2. The minimum absolute atomic E-state index is 0.174. The summed E-state index contributed by atoms with van der Waals surface area (Å²) in [6.07, 6.45) is 2.48. The molecule has 1 aliphatic rings. The molecule has 0 N–H and O–H groups in total. The summed E-state index contributed by atoms with van der Waals surface area (Å²) in [6, 6.07) is 18.4. The van der Waals surface area contributed by atoms with E-state index in [0.717, 1.165) is 18.4 Å². The summed E-state index contributed by atoms with van der Waals surface area (Å²) < 4.78 is 29.1. The van der Waals surface area contributed by atoms with Gasteiger partial charge in [0.2, 0.25) is 10.0 Å². The summed E-state index contributed by atoms with van der Waals surface area (Å²) >= 11 is 0. The predicted molar refractivity (Wildman–Crippen MR) is 117 cm³/mol. The summed E-state index contributed by atoms with van der Waals surface area (Å²) in [5.74, 6) is 0. The second kappa shape index (κ2) is 8.53. The second-order valence-electron chi connectivity index (χ2n) is 7.61. The van der Waals surface area contributed by atoms with E-state index in [1.54, 1.807) is 29.4 Å². The molecule has 0 bridgehead atoms. The van der Waals surface area contributed by atoms with Crippen molar-refractivity contribution < 1.29 is 8.42 Å². The molecule has 0 radical (unpaired) electrons. The van der Waals surface area contributed by atoms with E-state index in [4.69, 9.17) is 0 Å². The molecule has 1 saturated heterocycles. The molecule has 0 atom stereocenters. The van der Waals surface area contributed by atoms with Gasteiger partial charge in [-0.05, 0) is 49.4 Å². The minimum Gasteiger partial charge on any atom is -0.268 e. The highest BCUT2D eigenvalue weighted by molar-refractivity contribution is 7.89. The van der Waals surface area contributed by atoms with Crippen LogP contribution in [0.3, 0.4) is 0 Å². The number of nitrogens with zero attached hydrogens (tertiary/aromatic N) is 3. The van der Waals surface area contributed by atoms with Gasteiger partial charge < -0.3 is 0 Å². The van der Waals surface area contributed by atoms with Crippen molar-refractivity contribution in [1.82, 2.24) is 14.1 Å². The van der Waals surface area contributed by atoms with Crippen LogP contribution in [0, 0.1) is 6.92 Å². The highest BCUT2D eigenvalue weighted by Crippen LogP contribution is 2.27. The zero-order valence-electron chi connectivity index (χ0n) is 17.0. The number of hydrogen-bond acceptors (Lipinski definition) is 4. The Bertz CT molecular complexity index is 1200. The minimum atomic E-state index is -3.53. The molecule has 2 heterocycles. The molecule has 30 heavy (non-hydrogen) atoms. The Labute approximate surface area is 176 Å². The third-order valence-electron chi connectivity index (χ3n) is 5.49. The Kier molecular flexibility index (Phi) is 5.83. The van der Waals surface area contributed by atoms with Gasteiger partial charge in [-0.2, -0.15) is 9.40 Å². The van der Waals surface area contributed by atoms with Gasteiger partial charge >= 0.3 is 0 Å². The van der Waals surface area contributed by atoms with Gasteiger partial charge in [0.1, 0.15) is 0 Å². The van der Waals surface area contributed by atoms with Gasteiger partial charge in [0.25, 0.3) is 5.56 Å². The van der Waals surface area contributed by atoms with E-state index in [1.807, 2.05) is 36.4 Å². The van der Waals surface area contributed by atoms with Crippen LogP contribution in [-0.2, 0) is 23.0 Å². The highest BCUT2D eigenvalue weighted by atomic mass is 32.2. The fourth-order valence-electron chi connectivity index (χ4n) is 3.75. The summed E-state index contributed by atoms with van der Waals surface area (Å²) in [4.78, 5) is 12.6. The van der Waals surface area contributed by atoms with E-state index in [0.29, 0.717) is 47.8 Å². The predicted octanol–water partition coefficient (Wildman–Crippen LogP) is 3.25. The molecule has 4 rings (SSSR count). The Hall–Kier alpha value is -2.77. The van der Waals surface area contributed by atoms with E-state index in [-0.39, 0.29) is 5.56 Å². The topological polar surface area (TPSA) is 72.3 Å². The van der Waals surface area contributed by atoms with Crippen LogP contribution in [0.5, 0.6) is 0 Å². The van der Waals surface area contributed by atoms with Crippen molar-refractivity contribution in [3.8, 4) is 11.3 Å². The van der Waals surface area contributed by atoms with Gasteiger partial charge in [-0.1, -0.05) is 42.5 Å². The number of sulfonamides is 1. The zero-order chi connectivity index (χ0) is 21.1. The van der Waals surface area contributed by atoms with E-state index < -0.39 is 10.0 Å². The largest absolute Gasteiger partial charge is 0.268 e. The molecule has 7 heteroatoms. The molecule has 1 aliphatic heterocycles. The maximum Gasteiger partial charge on any atom is 0.266 e. The smallest absolute Gasteiger partial charge is 0.266 e. The summed E-state index contributed by atoms with van der Waals surface area (Å²) in [5.41, 5.74) is 2.94. The number of rotatable bonds is 6. The number of hydrogen-bond donors (Lipinski definition) is 0. The second-order valence-corrected chi connectivity index (χ2v) is 9.51. The lowest BCUT2D eigenvalue weighted by atomic mass is 10.1. The molecule has 0 aliphatic carbocycles. The molecule has 0 unspecified atom stereocenters. The fraction of sp³-hybridized carbons (Fsp3) is 0.304. The van der Waals surface area contributed by atoms with Gasteiger partial charge in [0, 0.05) is 31.3 Å². The quantitative estimate of drug-likeness (QED) is 0.610. The molecule has 6 nitrogen and oxygen atoms in total. The first-order chi connectivity index (χ1) is 14.4. The van der Waals surface area contributed by atoms with Crippen molar-refractivity contribution in [2.24, 2.45) is 0 Å². The van der Waals surface area contributed by atoms with E-state index >= 15 is 0 Å². The normalized spacial score (nSPS) is 14.8. The average molecular weight is 424 g/mol. The maximum atomic E-state index is 13.1. The van der Waals surface area contributed by atoms with Crippen LogP contribution in [0.1, 0.15) is 24.0 Å². The molecule has 1 fully saturated rings. The third-order valence-corrected chi connectivity index (χ3v) is 7.53. The van der Waals surface area contributed by atoms with Crippen LogP contribution in [0.2, 0.25) is 0 Å². The first kappa shape index (κ1) is 20.5. The molecule has 1 aromatic heterocycles. The van der Waals surface area contributed by atoms with Gasteiger partial charge in [-0.3, -0.25) is 4.79 Å². The van der Waals surface area contributed by atoms with Crippen LogP contribution >= 0.6 is 0 Å². The van der Waals surface area contributed by atoms with E-state index in [1.165, 1.54) is 10.7 Å². The molecule has 2 aromatic carbocycles. The van der Waals surface area contributed by atoms with Crippen LogP contribution in [0.15, 0.2) is 70.4 Å². The lowest BCUT2D eigenvalue weighted by molar-refractivity contribution is 0.477. The molecular formula is C23H25N3O3S. The molecule has 0 saturated carbocycles. The molecular weight excluding hydrogens is 398 g/mol. The van der Waals surface area contributed by atoms with Crippen molar-refractivity contribution >= 4 is 10.0 Å². The van der Waals surface area contributed by atoms with Crippen LogP contribution in [0.25, 0.3) is 11.3 Å². The van der Waals surface area contributed by atoms with Gasteiger partial charge in [-0.25, -0.2) is 13.1 Å². The van der Waals surface area contributed by atoms with Gasteiger partial charge in [0.15, 0.2) is 0 Å². The Morgan fingerprint density at radius 2 is 1.70 bits per heavy atom. The lowest BCUT2D eigenvalue weighted by Gasteiger charge is -2.18. The fourth-order valence-corrected chi connectivity index (χ4v) is 5.52. The Morgan fingerprint density at radius 1 is 0.967 bits per heavy atom. The monoisotopic (exact) mass is 423 g/mol. The van der Waals surface area contributed by atoms with E-state index in [2.05, 4.69) is 5.10 Å². The van der Waals surface area contributed by atoms with Crippen LogP contribution in [0.4, 0.5) is 0 Å². The van der Waals surface area contributed by atoms with Crippen molar-refractivity contribution in [2.75, 3.05) is 13.1 Å². The van der Waals surface area contributed by atoms with E-state index in [9.17, 15) is 13.2 Å². The standard InChI is InChI=1S/C23H25N3O3S/c1-18-9-10-20(17-22(18)30(28,29)25-14-5-6-15-25)21-11-12-23(27)26(24-21)16-13-19-7-3-2-4-8-19/h2-4,7-12,17H,5-6,13-16H2,1H3.